The van der Waals surface area contributed by atoms with Crippen LogP contribution in [0.4, 0.5) is 34.1 Å². The first-order valence-electron chi connectivity index (χ1n) is 37.7. The molecule has 0 N–H and O–H groups in total. The van der Waals surface area contributed by atoms with Gasteiger partial charge < -0.3 is 9.80 Å². The Kier molecular flexibility index (Phi) is 20.3. The summed E-state index contributed by atoms with van der Waals surface area (Å²) in [4.78, 5) is 4.74. The molecule has 0 saturated carbocycles. The molecule has 18 aromatic carbocycles. The third kappa shape index (κ3) is 15.5. The maximum atomic E-state index is 2.37. The van der Waals surface area contributed by atoms with Crippen molar-refractivity contribution in [3.63, 3.8) is 0 Å². The fourth-order valence-corrected chi connectivity index (χ4v) is 14.9. The van der Waals surface area contributed by atoms with Crippen molar-refractivity contribution < 1.29 is 0 Å². The fourth-order valence-electron chi connectivity index (χ4n) is 14.9. The predicted molar refractivity (Wildman–Crippen MR) is 467 cm³/mol. The Morgan fingerprint density at radius 3 is 0.500 bits per heavy atom. The fraction of sp³-hybridized carbons (Fsp3) is 0. The molecule has 520 valence electrons. The molecule has 0 amide bonds. The lowest BCUT2D eigenvalue weighted by Gasteiger charge is -2.27. The monoisotopic (exact) mass is 1400 g/mol. The van der Waals surface area contributed by atoms with E-state index in [4.69, 9.17) is 0 Å². The lowest BCUT2D eigenvalue weighted by Crippen LogP contribution is -2.10. The summed E-state index contributed by atoms with van der Waals surface area (Å²) in [7, 11) is 0. The van der Waals surface area contributed by atoms with Gasteiger partial charge in [-0.25, -0.2) is 0 Å². The molecule has 2 heteroatoms. The number of hydrogen-bond acceptors (Lipinski definition) is 2. The highest BCUT2D eigenvalue weighted by atomic mass is 15.1. The first-order chi connectivity index (χ1) is 54.5. The Hall–Kier alpha value is -14.4. The molecule has 0 aromatic heterocycles. The van der Waals surface area contributed by atoms with Crippen molar-refractivity contribution in [3.05, 3.63) is 473 Å². The maximum Gasteiger partial charge on any atom is 0.0468 e. The maximum absolute atomic E-state index is 2.37. The number of rotatable bonds is 18. The van der Waals surface area contributed by atoms with Crippen LogP contribution in [0.3, 0.4) is 0 Å². The molecule has 0 fully saturated rings. The van der Waals surface area contributed by atoms with E-state index >= 15 is 0 Å². The minimum absolute atomic E-state index is 1.09. The zero-order valence-corrected chi connectivity index (χ0v) is 60.9. The molecule has 0 heterocycles. The molecule has 0 aliphatic carbocycles. The molecule has 2 nitrogen and oxygen atoms in total. The van der Waals surface area contributed by atoms with Crippen molar-refractivity contribution in [3.8, 4) is 134 Å². The van der Waals surface area contributed by atoms with Crippen LogP contribution < -0.4 is 9.80 Å². The van der Waals surface area contributed by atoms with Crippen LogP contribution in [-0.2, 0) is 0 Å². The second-order valence-corrected chi connectivity index (χ2v) is 27.6. The standard InChI is InChI=1S/2C54H39N/c1-5-14-40(15-6-1)44-24-26-47(27-25-44)54-39-52(36-37-53(54)49-23-13-22-48(38-49)43-20-11-4-12-21-43)55(50-32-28-45(29-33-50)41-16-7-2-8-17-41)51-34-30-46(31-35-51)42-18-9-3-10-19-42;1-5-13-40(14-6-1)44-21-25-48(26-22-44)53-38-37-52(39-54(53)49-27-23-45(24-28-49)41-15-7-2-8-16-41)55(50-33-29-46(30-34-50)42-17-9-3-10-18-42)51-35-31-47(32-36-51)43-19-11-4-12-20-43/h2*1-39H. The molecule has 110 heavy (non-hydrogen) atoms. The van der Waals surface area contributed by atoms with Crippen molar-refractivity contribution in [2.45, 2.75) is 0 Å². The summed E-state index contributed by atoms with van der Waals surface area (Å²) in [6.45, 7) is 0. The van der Waals surface area contributed by atoms with Gasteiger partial charge in [-0.2, -0.15) is 0 Å². The van der Waals surface area contributed by atoms with Crippen molar-refractivity contribution >= 4 is 34.1 Å². The Bertz CT molecular complexity index is 5840. The number of anilines is 6. The van der Waals surface area contributed by atoms with E-state index in [1.54, 1.807) is 0 Å². The Balaban J connectivity index is 0.000000160. The highest BCUT2D eigenvalue weighted by Crippen LogP contribution is 2.46. The van der Waals surface area contributed by atoms with Gasteiger partial charge in [-0.3, -0.25) is 0 Å². The predicted octanol–water partition coefficient (Wildman–Crippen LogP) is 30.3. The van der Waals surface area contributed by atoms with E-state index in [1.807, 2.05) is 0 Å². The van der Waals surface area contributed by atoms with E-state index < -0.39 is 0 Å². The quantitative estimate of drug-likeness (QED) is 0.0845. The Labute approximate surface area is 646 Å². The topological polar surface area (TPSA) is 6.48 Å². The molecule has 0 spiro atoms. The van der Waals surface area contributed by atoms with Gasteiger partial charge >= 0.3 is 0 Å². The molecule has 0 aliphatic rings. The van der Waals surface area contributed by atoms with Gasteiger partial charge in [0, 0.05) is 34.1 Å². The Morgan fingerprint density at radius 2 is 0.255 bits per heavy atom. The summed E-state index contributed by atoms with van der Waals surface area (Å²) >= 11 is 0. The number of nitrogens with zero attached hydrogens (tertiary/aromatic N) is 2. The summed E-state index contributed by atoms with van der Waals surface area (Å²) in [5.74, 6) is 0. The van der Waals surface area contributed by atoms with Crippen molar-refractivity contribution in [1.29, 1.82) is 0 Å². The molecule has 18 aromatic rings. The van der Waals surface area contributed by atoms with Gasteiger partial charge in [0.25, 0.3) is 0 Å². The van der Waals surface area contributed by atoms with Gasteiger partial charge in [-0.1, -0.05) is 394 Å². The first-order valence-corrected chi connectivity index (χ1v) is 37.7. The summed E-state index contributed by atoms with van der Waals surface area (Å²) in [6.07, 6.45) is 0. The van der Waals surface area contributed by atoms with Gasteiger partial charge in [-0.05, 0) is 212 Å². The zero-order valence-electron chi connectivity index (χ0n) is 60.9. The van der Waals surface area contributed by atoms with Crippen LogP contribution in [-0.4, -0.2) is 0 Å². The second-order valence-electron chi connectivity index (χ2n) is 27.6. The average Bonchev–Trinajstić information content (AvgIpc) is 0.777. The van der Waals surface area contributed by atoms with Gasteiger partial charge in [0.15, 0.2) is 0 Å². The van der Waals surface area contributed by atoms with Crippen LogP contribution in [0.25, 0.3) is 134 Å². The summed E-state index contributed by atoms with van der Waals surface area (Å²) < 4.78 is 0. The minimum atomic E-state index is 1.09. The summed E-state index contributed by atoms with van der Waals surface area (Å²) in [6, 6.07) is 170. The van der Waals surface area contributed by atoms with Gasteiger partial charge in [0.1, 0.15) is 0 Å². The van der Waals surface area contributed by atoms with Gasteiger partial charge in [-0.15, -0.1) is 0 Å². The van der Waals surface area contributed by atoms with Crippen LogP contribution in [0.1, 0.15) is 0 Å². The van der Waals surface area contributed by atoms with E-state index in [1.165, 1.54) is 134 Å². The molecule has 0 radical (unpaired) electrons. The van der Waals surface area contributed by atoms with Crippen molar-refractivity contribution in [1.82, 2.24) is 0 Å². The molecule has 0 saturated heterocycles. The van der Waals surface area contributed by atoms with Crippen molar-refractivity contribution in [2.24, 2.45) is 0 Å². The molecule has 0 atom stereocenters. The molecular weight excluding hydrogens is 1330 g/mol. The Morgan fingerprint density at radius 1 is 0.0909 bits per heavy atom. The third-order valence-electron chi connectivity index (χ3n) is 20.6. The van der Waals surface area contributed by atoms with Gasteiger partial charge in [0.05, 0.1) is 0 Å². The molecule has 0 aliphatic heterocycles. The SMILES string of the molecule is c1ccc(-c2ccc(-c3cc(N(c4ccc(-c5ccccc5)cc4)c4ccc(-c5ccccc5)cc4)ccc3-c3cccc(-c4ccccc4)c3)cc2)cc1.c1ccc(-c2ccc(-c3ccc(N(c4ccc(-c5ccccc5)cc4)c4ccc(-c5ccccc5)cc4)cc3-c3ccc(-c4ccccc4)cc3)cc2)cc1. The van der Waals surface area contributed by atoms with E-state index in [2.05, 4.69) is 483 Å². The highest BCUT2D eigenvalue weighted by molar-refractivity contribution is 5.93. The largest absolute Gasteiger partial charge is 0.310 e. The van der Waals surface area contributed by atoms with Crippen LogP contribution in [0.2, 0.25) is 0 Å². The lowest BCUT2D eigenvalue weighted by atomic mass is 9.91. The molecular formula is C108H78N2. The second kappa shape index (κ2) is 32.5. The lowest BCUT2D eigenvalue weighted by molar-refractivity contribution is 1.28. The van der Waals surface area contributed by atoms with Crippen LogP contribution in [0.5, 0.6) is 0 Å². The minimum Gasteiger partial charge on any atom is -0.310 e. The van der Waals surface area contributed by atoms with E-state index in [0.717, 1.165) is 34.1 Å². The average molecular weight is 1400 g/mol. The van der Waals surface area contributed by atoms with E-state index in [9.17, 15) is 0 Å². The molecule has 18 rings (SSSR count). The number of hydrogen-bond donors (Lipinski definition) is 0. The third-order valence-corrected chi connectivity index (χ3v) is 20.6. The zero-order chi connectivity index (χ0) is 73.6. The van der Waals surface area contributed by atoms with E-state index in [-0.39, 0.29) is 0 Å². The van der Waals surface area contributed by atoms with Crippen LogP contribution in [0.15, 0.2) is 473 Å². The smallest absolute Gasteiger partial charge is 0.0468 e. The van der Waals surface area contributed by atoms with Gasteiger partial charge in [0.2, 0.25) is 0 Å². The normalized spacial score (nSPS) is 10.9. The van der Waals surface area contributed by atoms with Crippen molar-refractivity contribution in [2.75, 3.05) is 9.80 Å². The summed E-state index contributed by atoms with van der Waals surface area (Å²) in [5, 5.41) is 0. The molecule has 0 unspecified atom stereocenters. The highest BCUT2D eigenvalue weighted by Gasteiger charge is 2.21. The van der Waals surface area contributed by atoms with Crippen LogP contribution in [0, 0.1) is 0 Å². The van der Waals surface area contributed by atoms with E-state index in [0.29, 0.717) is 0 Å². The first kappa shape index (κ1) is 68.7. The summed E-state index contributed by atoms with van der Waals surface area (Å²) in [5.41, 5.74) is 35.2. The number of benzene rings is 18. The molecule has 0 bridgehead atoms. The van der Waals surface area contributed by atoms with Crippen LogP contribution >= 0.6 is 0 Å².